The lowest BCUT2D eigenvalue weighted by Gasteiger charge is -2.22. The molecule has 0 spiro atoms. The average molecular weight is 470 g/mol. The maximum atomic E-state index is 12.7. The van der Waals surface area contributed by atoms with Crippen molar-refractivity contribution in [1.82, 2.24) is 14.9 Å². The van der Waals surface area contributed by atoms with Crippen LogP contribution in [0.3, 0.4) is 0 Å². The van der Waals surface area contributed by atoms with Crippen LogP contribution in [-0.2, 0) is 14.6 Å². The highest BCUT2D eigenvalue weighted by Gasteiger charge is 2.32. The first kappa shape index (κ1) is 22.6. The van der Waals surface area contributed by atoms with E-state index in [4.69, 9.17) is 4.98 Å². The topological polar surface area (TPSA) is 83.1 Å². The SMILES string of the molecule is Cc1ccc(-c2nc(SCC(=O)N(C)[C@@H]3CCS(=O)(=O)C3)[nH]c2-c2ccc(C)cc2)cc1. The Hall–Kier alpha value is -2.58. The van der Waals surface area contributed by atoms with Gasteiger partial charge in [-0.15, -0.1) is 0 Å². The van der Waals surface area contributed by atoms with E-state index in [1.54, 1.807) is 11.9 Å². The van der Waals surface area contributed by atoms with Gasteiger partial charge in [0, 0.05) is 24.2 Å². The zero-order valence-corrected chi connectivity index (χ0v) is 20.1. The summed E-state index contributed by atoms with van der Waals surface area (Å²) in [5.41, 5.74) is 6.16. The van der Waals surface area contributed by atoms with Gasteiger partial charge in [0.15, 0.2) is 15.0 Å². The Morgan fingerprint density at radius 3 is 2.22 bits per heavy atom. The number of aromatic nitrogens is 2. The van der Waals surface area contributed by atoms with E-state index in [1.165, 1.54) is 22.9 Å². The van der Waals surface area contributed by atoms with E-state index >= 15 is 0 Å². The molecule has 1 amide bonds. The van der Waals surface area contributed by atoms with Crippen molar-refractivity contribution in [2.45, 2.75) is 31.5 Å². The third kappa shape index (κ3) is 5.07. The molecule has 1 aliphatic rings. The molecule has 0 aliphatic carbocycles. The molecule has 1 aliphatic heterocycles. The first-order valence-corrected chi connectivity index (χ1v) is 13.4. The number of H-pyrrole nitrogens is 1. The summed E-state index contributed by atoms with van der Waals surface area (Å²) in [4.78, 5) is 22.5. The molecule has 4 rings (SSSR count). The third-order valence-electron chi connectivity index (χ3n) is 5.83. The van der Waals surface area contributed by atoms with Crippen LogP contribution >= 0.6 is 11.8 Å². The lowest BCUT2D eigenvalue weighted by atomic mass is 10.0. The fourth-order valence-corrected chi connectivity index (χ4v) is 6.35. The summed E-state index contributed by atoms with van der Waals surface area (Å²) in [6.07, 6.45) is 0.505. The molecule has 1 atom stereocenters. The molecule has 1 aromatic heterocycles. The van der Waals surface area contributed by atoms with Gasteiger partial charge in [-0.3, -0.25) is 4.79 Å². The predicted octanol–water partition coefficient (Wildman–Crippen LogP) is 4.10. The molecule has 168 valence electrons. The number of aromatic amines is 1. The van der Waals surface area contributed by atoms with Crippen molar-refractivity contribution in [2.75, 3.05) is 24.3 Å². The van der Waals surface area contributed by atoms with Crippen molar-refractivity contribution >= 4 is 27.5 Å². The molecule has 1 saturated heterocycles. The Bertz CT molecular complexity index is 1150. The van der Waals surface area contributed by atoms with Crippen molar-refractivity contribution < 1.29 is 13.2 Å². The van der Waals surface area contributed by atoms with E-state index in [-0.39, 0.29) is 29.2 Å². The van der Waals surface area contributed by atoms with Crippen LogP contribution in [-0.4, -0.2) is 59.5 Å². The molecule has 8 heteroatoms. The number of rotatable bonds is 6. The highest BCUT2D eigenvalue weighted by molar-refractivity contribution is 7.99. The Morgan fingerprint density at radius 2 is 1.66 bits per heavy atom. The Morgan fingerprint density at radius 1 is 1.06 bits per heavy atom. The number of carbonyl (C=O) groups is 1. The van der Waals surface area contributed by atoms with Gasteiger partial charge < -0.3 is 9.88 Å². The van der Waals surface area contributed by atoms with Gasteiger partial charge in [-0.25, -0.2) is 13.4 Å². The molecule has 0 radical (unpaired) electrons. The van der Waals surface area contributed by atoms with Gasteiger partial charge in [-0.05, 0) is 20.3 Å². The fraction of sp³-hybridized carbons (Fsp3) is 0.333. The highest BCUT2D eigenvalue weighted by atomic mass is 32.2. The van der Waals surface area contributed by atoms with Crippen LogP contribution in [0.25, 0.3) is 22.5 Å². The summed E-state index contributed by atoms with van der Waals surface area (Å²) < 4.78 is 23.5. The number of hydrogen-bond acceptors (Lipinski definition) is 5. The number of nitrogens with one attached hydrogen (secondary N) is 1. The smallest absolute Gasteiger partial charge is 0.233 e. The van der Waals surface area contributed by atoms with E-state index in [0.717, 1.165) is 22.5 Å². The molecule has 0 saturated carbocycles. The number of nitrogens with zero attached hydrogens (tertiary/aromatic N) is 2. The van der Waals surface area contributed by atoms with E-state index in [2.05, 4.69) is 60.4 Å². The summed E-state index contributed by atoms with van der Waals surface area (Å²) in [5.74, 6) is 0.305. The van der Waals surface area contributed by atoms with Crippen molar-refractivity contribution in [3.05, 3.63) is 59.7 Å². The quantitative estimate of drug-likeness (QED) is 0.550. The van der Waals surface area contributed by atoms with E-state index in [1.807, 2.05) is 6.92 Å². The maximum absolute atomic E-state index is 12.7. The number of benzene rings is 2. The molecule has 1 fully saturated rings. The average Bonchev–Trinajstić information content (AvgIpc) is 3.36. The minimum Gasteiger partial charge on any atom is -0.341 e. The Labute approximate surface area is 193 Å². The van der Waals surface area contributed by atoms with E-state index in [0.29, 0.717) is 11.6 Å². The van der Waals surface area contributed by atoms with Crippen LogP contribution in [0.4, 0.5) is 0 Å². The Kier molecular flexibility index (Phi) is 6.44. The largest absolute Gasteiger partial charge is 0.341 e. The normalized spacial score (nSPS) is 17.4. The second-order valence-electron chi connectivity index (χ2n) is 8.35. The van der Waals surface area contributed by atoms with Crippen LogP contribution in [0.5, 0.6) is 0 Å². The lowest BCUT2D eigenvalue weighted by Crippen LogP contribution is -2.38. The number of carbonyl (C=O) groups excluding carboxylic acids is 1. The van der Waals surface area contributed by atoms with Crippen molar-refractivity contribution in [1.29, 1.82) is 0 Å². The first-order valence-electron chi connectivity index (χ1n) is 10.5. The minimum absolute atomic E-state index is 0.0514. The highest BCUT2D eigenvalue weighted by Crippen LogP contribution is 2.33. The summed E-state index contributed by atoms with van der Waals surface area (Å²) in [7, 11) is -1.34. The predicted molar refractivity (Wildman–Crippen MR) is 129 cm³/mol. The molecule has 0 bridgehead atoms. The number of imidazole rings is 1. The first-order chi connectivity index (χ1) is 15.2. The molecular formula is C24H27N3O3S2. The van der Waals surface area contributed by atoms with Crippen molar-refractivity contribution in [2.24, 2.45) is 0 Å². The summed E-state index contributed by atoms with van der Waals surface area (Å²) >= 11 is 1.34. The molecule has 0 unspecified atom stereocenters. The van der Waals surface area contributed by atoms with Crippen LogP contribution in [0.1, 0.15) is 17.5 Å². The fourth-order valence-electron chi connectivity index (χ4n) is 3.79. The number of sulfone groups is 1. The molecule has 32 heavy (non-hydrogen) atoms. The van der Waals surface area contributed by atoms with Gasteiger partial charge in [-0.2, -0.15) is 0 Å². The molecule has 1 N–H and O–H groups in total. The lowest BCUT2D eigenvalue weighted by molar-refractivity contribution is -0.128. The van der Waals surface area contributed by atoms with Gasteiger partial charge in [0.1, 0.15) is 0 Å². The third-order valence-corrected chi connectivity index (χ3v) is 8.44. The van der Waals surface area contributed by atoms with Gasteiger partial charge in [-0.1, -0.05) is 71.4 Å². The molecular weight excluding hydrogens is 442 g/mol. The van der Waals surface area contributed by atoms with Crippen molar-refractivity contribution in [3.63, 3.8) is 0 Å². The van der Waals surface area contributed by atoms with Crippen LogP contribution in [0.2, 0.25) is 0 Å². The molecule has 2 aromatic carbocycles. The summed E-state index contributed by atoms with van der Waals surface area (Å²) in [6, 6.07) is 16.2. The van der Waals surface area contributed by atoms with Crippen LogP contribution in [0.15, 0.2) is 53.7 Å². The number of hydrogen-bond donors (Lipinski definition) is 1. The molecule has 6 nitrogen and oxygen atoms in total. The number of thioether (sulfide) groups is 1. The zero-order valence-electron chi connectivity index (χ0n) is 18.5. The summed E-state index contributed by atoms with van der Waals surface area (Å²) in [6.45, 7) is 4.10. The van der Waals surface area contributed by atoms with E-state index in [9.17, 15) is 13.2 Å². The second-order valence-corrected chi connectivity index (χ2v) is 11.5. The van der Waals surface area contributed by atoms with E-state index < -0.39 is 9.84 Å². The monoisotopic (exact) mass is 469 g/mol. The standard InChI is InChI=1S/C24H27N3O3S2/c1-16-4-8-18(9-5-16)22-23(19-10-6-17(2)7-11-19)26-24(25-22)31-14-21(28)27(3)20-12-13-32(29,30)15-20/h4-11,20H,12-15H2,1-3H3,(H,25,26)/t20-/m1/s1. The van der Waals surface area contributed by atoms with Gasteiger partial charge in [0.25, 0.3) is 0 Å². The van der Waals surface area contributed by atoms with Crippen LogP contribution < -0.4 is 0 Å². The number of aryl methyl sites for hydroxylation is 2. The van der Waals surface area contributed by atoms with Crippen molar-refractivity contribution in [3.8, 4) is 22.5 Å². The van der Waals surface area contributed by atoms with Crippen LogP contribution in [0, 0.1) is 13.8 Å². The molecule has 3 aromatic rings. The second kappa shape index (κ2) is 9.11. The molecule has 2 heterocycles. The minimum atomic E-state index is -3.03. The maximum Gasteiger partial charge on any atom is 0.233 e. The van der Waals surface area contributed by atoms with Gasteiger partial charge >= 0.3 is 0 Å². The van der Waals surface area contributed by atoms with Gasteiger partial charge in [0.05, 0.1) is 28.6 Å². The Balaban J connectivity index is 1.55. The zero-order chi connectivity index (χ0) is 22.9. The summed E-state index contributed by atoms with van der Waals surface area (Å²) in [5, 5.41) is 0.664. The number of amides is 1. The van der Waals surface area contributed by atoms with Gasteiger partial charge in [0.2, 0.25) is 5.91 Å².